The molecule has 2 aliphatic rings. The maximum absolute atomic E-state index is 13.1. The van der Waals surface area contributed by atoms with Crippen LogP contribution in [0.5, 0.6) is 0 Å². The van der Waals surface area contributed by atoms with Crippen LogP contribution in [-0.2, 0) is 14.9 Å². The zero-order valence-corrected chi connectivity index (χ0v) is 11.9. The zero-order chi connectivity index (χ0) is 14.2. The van der Waals surface area contributed by atoms with Crippen LogP contribution in [0.4, 0.5) is 4.39 Å². The molecule has 1 unspecified atom stereocenters. The molecule has 1 saturated carbocycles. The molecular formula is C15H17ClFNO2. The maximum atomic E-state index is 13.1. The number of hydrogen-bond acceptors (Lipinski definition) is 2. The van der Waals surface area contributed by atoms with Gasteiger partial charge in [-0.15, -0.1) is 0 Å². The average molecular weight is 298 g/mol. The van der Waals surface area contributed by atoms with Crippen molar-refractivity contribution in [3.05, 3.63) is 34.6 Å². The van der Waals surface area contributed by atoms with Crippen LogP contribution in [0, 0.1) is 11.7 Å². The van der Waals surface area contributed by atoms with Gasteiger partial charge >= 0.3 is 0 Å². The van der Waals surface area contributed by atoms with Gasteiger partial charge in [-0.1, -0.05) is 17.7 Å². The molecule has 2 fully saturated rings. The summed E-state index contributed by atoms with van der Waals surface area (Å²) in [5.74, 6) is -0.316. The molecule has 3 rings (SSSR count). The van der Waals surface area contributed by atoms with Crippen molar-refractivity contribution in [1.29, 1.82) is 0 Å². The number of carbonyl (C=O) groups is 1. The van der Waals surface area contributed by atoms with Gasteiger partial charge < -0.3 is 10.1 Å². The minimum absolute atomic E-state index is 0.0329. The van der Waals surface area contributed by atoms with E-state index in [9.17, 15) is 9.18 Å². The first-order valence-electron chi connectivity index (χ1n) is 6.92. The summed E-state index contributed by atoms with van der Waals surface area (Å²) in [5.41, 5.74) is 0.823. The fraction of sp³-hybridized carbons (Fsp3) is 0.533. The molecule has 0 radical (unpaired) electrons. The van der Waals surface area contributed by atoms with E-state index in [2.05, 4.69) is 5.32 Å². The minimum Gasteiger partial charge on any atom is -0.381 e. The second-order valence-corrected chi connectivity index (χ2v) is 6.09. The summed E-state index contributed by atoms with van der Waals surface area (Å²) in [4.78, 5) is 12.0. The van der Waals surface area contributed by atoms with Crippen molar-refractivity contribution in [3.63, 3.8) is 0 Å². The van der Waals surface area contributed by atoms with Crippen molar-refractivity contribution in [2.24, 2.45) is 5.92 Å². The Hall–Kier alpha value is -1.13. The lowest BCUT2D eigenvalue weighted by molar-refractivity contribution is -0.125. The van der Waals surface area contributed by atoms with Crippen LogP contribution in [0.3, 0.4) is 0 Å². The average Bonchev–Trinajstić information content (AvgIpc) is 2.99. The Balaban J connectivity index is 1.65. The monoisotopic (exact) mass is 297 g/mol. The first-order valence-corrected chi connectivity index (χ1v) is 7.29. The Kier molecular flexibility index (Phi) is 3.69. The SMILES string of the molecule is O=C(NCC1(c2ccc(F)cc2Cl)CC1)C1CCOC1. The second kappa shape index (κ2) is 5.34. The molecule has 0 spiro atoms. The van der Waals surface area contributed by atoms with Gasteiger partial charge in [-0.2, -0.15) is 0 Å². The molecule has 5 heteroatoms. The molecule has 20 heavy (non-hydrogen) atoms. The lowest BCUT2D eigenvalue weighted by atomic mass is 9.95. The van der Waals surface area contributed by atoms with E-state index in [0.29, 0.717) is 24.8 Å². The molecular weight excluding hydrogens is 281 g/mol. The predicted octanol–water partition coefficient (Wildman–Crippen LogP) is 2.66. The van der Waals surface area contributed by atoms with E-state index >= 15 is 0 Å². The van der Waals surface area contributed by atoms with Crippen LogP contribution >= 0.6 is 11.6 Å². The highest BCUT2D eigenvalue weighted by Gasteiger charge is 2.46. The summed E-state index contributed by atoms with van der Waals surface area (Å²) in [6, 6.07) is 4.49. The van der Waals surface area contributed by atoms with E-state index in [4.69, 9.17) is 16.3 Å². The van der Waals surface area contributed by atoms with Gasteiger partial charge in [0.15, 0.2) is 0 Å². The molecule has 1 N–H and O–H groups in total. The van der Waals surface area contributed by atoms with Crippen molar-refractivity contribution in [1.82, 2.24) is 5.32 Å². The van der Waals surface area contributed by atoms with Crippen LogP contribution < -0.4 is 5.32 Å². The Labute approximate surface area is 122 Å². The van der Waals surface area contributed by atoms with Gasteiger partial charge in [-0.05, 0) is 37.0 Å². The van der Waals surface area contributed by atoms with Gasteiger partial charge in [0, 0.05) is 23.6 Å². The number of halogens is 2. The number of nitrogens with one attached hydrogen (secondary N) is 1. The van der Waals surface area contributed by atoms with Crippen molar-refractivity contribution < 1.29 is 13.9 Å². The highest BCUT2D eigenvalue weighted by molar-refractivity contribution is 6.31. The zero-order valence-electron chi connectivity index (χ0n) is 11.1. The second-order valence-electron chi connectivity index (χ2n) is 5.68. The van der Waals surface area contributed by atoms with E-state index in [1.807, 2.05) is 0 Å². The number of ether oxygens (including phenoxy) is 1. The van der Waals surface area contributed by atoms with E-state index in [0.717, 1.165) is 24.8 Å². The smallest absolute Gasteiger partial charge is 0.225 e. The van der Waals surface area contributed by atoms with Gasteiger partial charge in [-0.3, -0.25) is 4.79 Å². The van der Waals surface area contributed by atoms with Gasteiger partial charge in [0.2, 0.25) is 5.91 Å². The Bertz CT molecular complexity index is 525. The third-order valence-electron chi connectivity index (χ3n) is 4.26. The van der Waals surface area contributed by atoms with Crippen LogP contribution in [0.1, 0.15) is 24.8 Å². The maximum Gasteiger partial charge on any atom is 0.225 e. The van der Waals surface area contributed by atoms with Crippen molar-refractivity contribution in [3.8, 4) is 0 Å². The largest absolute Gasteiger partial charge is 0.381 e. The first kappa shape index (κ1) is 13.8. The summed E-state index contributed by atoms with van der Waals surface area (Å²) in [5, 5.41) is 3.44. The lowest BCUT2D eigenvalue weighted by Gasteiger charge is -2.19. The Morgan fingerprint density at radius 3 is 2.90 bits per heavy atom. The topological polar surface area (TPSA) is 38.3 Å². The number of amides is 1. The molecule has 1 aromatic carbocycles. The quantitative estimate of drug-likeness (QED) is 0.928. The standard InChI is InChI=1S/C15H17ClFNO2/c16-13-7-11(17)1-2-12(13)15(4-5-15)9-18-14(19)10-3-6-20-8-10/h1-2,7,10H,3-6,8-9H2,(H,18,19). The molecule has 1 aliphatic carbocycles. The highest BCUT2D eigenvalue weighted by atomic mass is 35.5. The van der Waals surface area contributed by atoms with Gasteiger partial charge in [0.25, 0.3) is 0 Å². The van der Waals surface area contributed by atoms with Gasteiger partial charge in [0.1, 0.15) is 5.82 Å². The molecule has 1 aliphatic heterocycles. The summed E-state index contributed by atoms with van der Waals surface area (Å²) < 4.78 is 18.3. The van der Waals surface area contributed by atoms with Crippen LogP contribution in [0.25, 0.3) is 0 Å². The van der Waals surface area contributed by atoms with Gasteiger partial charge in [0.05, 0.1) is 12.5 Å². The summed E-state index contributed by atoms with van der Waals surface area (Å²) in [6.07, 6.45) is 2.73. The number of carbonyl (C=O) groups excluding carboxylic acids is 1. The van der Waals surface area contributed by atoms with Crippen molar-refractivity contribution in [2.45, 2.75) is 24.7 Å². The summed E-state index contributed by atoms with van der Waals surface area (Å²) >= 11 is 6.12. The highest BCUT2D eigenvalue weighted by Crippen LogP contribution is 2.50. The predicted molar refractivity (Wildman–Crippen MR) is 74.3 cm³/mol. The number of hydrogen-bond donors (Lipinski definition) is 1. The van der Waals surface area contributed by atoms with Crippen molar-refractivity contribution in [2.75, 3.05) is 19.8 Å². The fourth-order valence-electron chi connectivity index (χ4n) is 2.75. The van der Waals surface area contributed by atoms with E-state index < -0.39 is 0 Å². The van der Waals surface area contributed by atoms with Crippen LogP contribution in [0.2, 0.25) is 5.02 Å². The molecule has 108 valence electrons. The molecule has 0 aromatic heterocycles. The Morgan fingerprint density at radius 2 is 2.30 bits per heavy atom. The summed E-state index contributed by atoms with van der Waals surface area (Å²) in [6.45, 7) is 1.73. The van der Waals surface area contributed by atoms with Crippen LogP contribution in [-0.4, -0.2) is 25.7 Å². The van der Waals surface area contributed by atoms with E-state index in [-0.39, 0.29) is 23.1 Å². The molecule has 1 saturated heterocycles. The minimum atomic E-state index is -0.332. The molecule has 1 aromatic rings. The van der Waals surface area contributed by atoms with E-state index in [1.165, 1.54) is 12.1 Å². The third-order valence-corrected chi connectivity index (χ3v) is 4.57. The molecule has 1 heterocycles. The third kappa shape index (κ3) is 2.67. The summed E-state index contributed by atoms with van der Waals surface area (Å²) in [7, 11) is 0. The van der Waals surface area contributed by atoms with E-state index in [1.54, 1.807) is 6.07 Å². The van der Waals surface area contributed by atoms with Crippen LogP contribution in [0.15, 0.2) is 18.2 Å². The molecule has 1 atom stereocenters. The molecule has 3 nitrogen and oxygen atoms in total. The van der Waals surface area contributed by atoms with Crippen molar-refractivity contribution >= 4 is 17.5 Å². The number of rotatable bonds is 4. The first-order chi connectivity index (χ1) is 9.61. The number of benzene rings is 1. The fourth-order valence-corrected chi connectivity index (χ4v) is 3.12. The Morgan fingerprint density at radius 1 is 1.50 bits per heavy atom. The normalized spacial score (nSPS) is 23.6. The lowest BCUT2D eigenvalue weighted by Crippen LogP contribution is -2.36. The molecule has 0 bridgehead atoms. The molecule has 1 amide bonds. The van der Waals surface area contributed by atoms with Gasteiger partial charge in [-0.25, -0.2) is 4.39 Å².